The largest absolute Gasteiger partial charge is 0.496 e. The summed E-state index contributed by atoms with van der Waals surface area (Å²) in [7, 11) is 1.61. The Balaban J connectivity index is 2.49. The predicted molar refractivity (Wildman–Crippen MR) is 69.5 cm³/mol. The van der Waals surface area contributed by atoms with Gasteiger partial charge in [-0.2, -0.15) is 5.26 Å². The van der Waals surface area contributed by atoms with Crippen molar-refractivity contribution in [1.29, 1.82) is 5.26 Å². The number of para-hydroxylation sites is 1. The van der Waals surface area contributed by atoms with Crippen molar-refractivity contribution in [1.82, 2.24) is 14.8 Å². The van der Waals surface area contributed by atoms with E-state index in [2.05, 4.69) is 10.1 Å². The molecule has 6 nitrogen and oxygen atoms in total. The summed E-state index contributed by atoms with van der Waals surface area (Å²) in [4.78, 5) is 3.91. The summed E-state index contributed by atoms with van der Waals surface area (Å²) in [5, 5.41) is 12.9. The van der Waals surface area contributed by atoms with Gasteiger partial charge in [0.05, 0.1) is 13.2 Å². The van der Waals surface area contributed by atoms with Crippen molar-refractivity contribution in [2.24, 2.45) is 5.73 Å². The molecule has 0 aliphatic carbocycles. The second kappa shape index (κ2) is 5.50. The van der Waals surface area contributed by atoms with Crippen LogP contribution in [0.1, 0.15) is 24.4 Å². The van der Waals surface area contributed by atoms with E-state index < -0.39 is 0 Å². The first kappa shape index (κ1) is 13.1. The van der Waals surface area contributed by atoms with Gasteiger partial charge in [0.2, 0.25) is 0 Å². The maximum atomic E-state index is 8.80. The van der Waals surface area contributed by atoms with Crippen LogP contribution in [0, 0.1) is 11.3 Å². The summed E-state index contributed by atoms with van der Waals surface area (Å²) in [6, 6.07) is 9.07. The van der Waals surface area contributed by atoms with Crippen molar-refractivity contribution in [3.05, 3.63) is 42.0 Å². The Kier molecular flexibility index (Phi) is 3.78. The molecule has 2 N–H and O–H groups in total. The fourth-order valence-corrected chi connectivity index (χ4v) is 2.04. The number of hydrogen-bond acceptors (Lipinski definition) is 5. The summed E-state index contributed by atoms with van der Waals surface area (Å²) in [5.74, 6) is 0.861. The van der Waals surface area contributed by atoms with Gasteiger partial charge in [-0.05, 0) is 13.0 Å². The molecule has 0 aliphatic rings. The molecule has 0 radical (unpaired) electrons. The second-order valence-corrected chi connectivity index (χ2v) is 4.21. The second-order valence-electron chi connectivity index (χ2n) is 4.21. The van der Waals surface area contributed by atoms with E-state index in [1.807, 2.05) is 37.3 Å². The van der Waals surface area contributed by atoms with Crippen molar-refractivity contribution >= 4 is 0 Å². The van der Waals surface area contributed by atoms with Crippen LogP contribution in [0.15, 0.2) is 30.6 Å². The lowest BCUT2D eigenvalue weighted by atomic mass is 10.0. The van der Waals surface area contributed by atoms with E-state index in [1.54, 1.807) is 11.8 Å². The van der Waals surface area contributed by atoms with Gasteiger partial charge < -0.3 is 10.5 Å². The molecule has 0 fully saturated rings. The quantitative estimate of drug-likeness (QED) is 0.885. The van der Waals surface area contributed by atoms with Crippen LogP contribution in [0.5, 0.6) is 5.75 Å². The van der Waals surface area contributed by atoms with Crippen LogP contribution in [0.2, 0.25) is 0 Å². The number of benzene rings is 1. The minimum atomic E-state index is -0.231. The molecule has 0 spiro atoms. The zero-order valence-corrected chi connectivity index (χ0v) is 10.8. The summed E-state index contributed by atoms with van der Waals surface area (Å²) in [6.45, 7) is 1.88. The Morgan fingerprint density at radius 2 is 2.16 bits per heavy atom. The maximum Gasteiger partial charge on any atom is 0.252 e. The first-order valence-electron chi connectivity index (χ1n) is 5.87. The summed E-state index contributed by atoms with van der Waals surface area (Å²) < 4.78 is 6.95. The normalized spacial score (nSPS) is 13.6. The molecule has 2 unspecified atom stereocenters. The smallest absolute Gasteiger partial charge is 0.252 e. The molecular formula is C13H15N5O. The van der Waals surface area contributed by atoms with E-state index in [0.717, 1.165) is 11.3 Å². The number of methoxy groups -OCH3 is 1. The Morgan fingerprint density at radius 3 is 2.74 bits per heavy atom. The maximum absolute atomic E-state index is 8.80. The van der Waals surface area contributed by atoms with Gasteiger partial charge in [-0.15, -0.1) is 5.10 Å². The van der Waals surface area contributed by atoms with E-state index in [9.17, 15) is 0 Å². The first-order chi connectivity index (χ1) is 9.17. The fraction of sp³-hybridized carbons (Fsp3) is 0.308. The van der Waals surface area contributed by atoms with Crippen molar-refractivity contribution in [3.63, 3.8) is 0 Å². The van der Waals surface area contributed by atoms with Crippen molar-refractivity contribution in [2.75, 3.05) is 7.11 Å². The molecule has 0 saturated heterocycles. The van der Waals surface area contributed by atoms with Gasteiger partial charge in [0.15, 0.2) is 0 Å². The third-order valence-electron chi connectivity index (χ3n) is 2.85. The van der Waals surface area contributed by atoms with Crippen LogP contribution < -0.4 is 10.5 Å². The van der Waals surface area contributed by atoms with Crippen molar-refractivity contribution in [3.8, 4) is 11.8 Å². The third-order valence-corrected chi connectivity index (χ3v) is 2.85. The zero-order valence-electron chi connectivity index (χ0n) is 10.8. The molecule has 98 valence electrons. The molecule has 6 heteroatoms. The Labute approximate surface area is 111 Å². The molecule has 1 heterocycles. The number of nitrogens with zero attached hydrogens (tertiary/aromatic N) is 4. The van der Waals surface area contributed by atoms with Gasteiger partial charge in [-0.25, -0.2) is 9.67 Å². The lowest BCUT2D eigenvalue weighted by Gasteiger charge is -2.23. The molecule has 2 aromatic rings. The SMILES string of the molecule is COc1ccccc1C(C(C)N)n1cnc(C#N)n1. The average Bonchev–Trinajstić information content (AvgIpc) is 2.87. The van der Waals surface area contributed by atoms with Crippen LogP contribution in [0.4, 0.5) is 0 Å². The standard InChI is InChI=1S/C13H15N5O/c1-9(15)13(18-8-16-12(7-14)17-18)10-5-3-4-6-11(10)19-2/h3-6,8-9,13H,15H2,1-2H3. The van der Waals surface area contributed by atoms with Crippen LogP contribution >= 0.6 is 0 Å². The van der Waals surface area contributed by atoms with Gasteiger partial charge in [0.1, 0.15) is 18.1 Å². The minimum absolute atomic E-state index is 0.126. The summed E-state index contributed by atoms with van der Waals surface area (Å²) in [6.07, 6.45) is 1.51. The minimum Gasteiger partial charge on any atom is -0.496 e. The van der Waals surface area contributed by atoms with Crippen LogP contribution in [0.3, 0.4) is 0 Å². The van der Waals surface area contributed by atoms with E-state index in [0.29, 0.717) is 0 Å². The Hall–Kier alpha value is -2.39. The molecule has 1 aromatic carbocycles. The number of rotatable bonds is 4. The lowest BCUT2D eigenvalue weighted by molar-refractivity contribution is 0.385. The van der Waals surface area contributed by atoms with Gasteiger partial charge >= 0.3 is 0 Å². The highest BCUT2D eigenvalue weighted by atomic mass is 16.5. The number of nitriles is 1. The summed E-state index contributed by atoms with van der Waals surface area (Å²) >= 11 is 0. The monoisotopic (exact) mass is 257 g/mol. The Bertz CT molecular complexity index is 599. The van der Waals surface area contributed by atoms with E-state index >= 15 is 0 Å². The molecule has 2 atom stereocenters. The fourth-order valence-electron chi connectivity index (χ4n) is 2.04. The molecular weight excluding hydrogens is 242 g/mol. The van der Waals surface area contributed by atoms with Gasteiger partial charge in [0.25, 0.3) is 5.82 Å². The van der Waals surface area contributed by atoms with Crippen molar-refractivity contribution < 1.29 is 4.74 Å². The van der Waals surface area contributed by atoms with E-state index in [-0.39, 0.29) is 17.9 Å². The highest BCUT2D eigenvalue weighted by Gasteiger charge is 2.23. The molecule has 0 bridgehead atoms. The van der Waals surface area contributed by atoms with Gasteiger partial charge in [-0.1, -0.05) is 18.2 Å². The van der Waals surface area contributed by atoms with E-state index in [4.69, 9.17) is 15.7 Å². The number of ether oxygens (including phenoxy) is 1. The van der Waals surface area contributed by atoms with Crippen LogP contribution in [-0.2, 0) is 0 Å². The highest BCUT2D eigenvalue weighted by Crippen LogP contribution is 2.28. The van der Waals surface area contributed by atoms with E-state index in [1.165, 1.54) is 6.33 Å². The number of nitrogens with two attached hydrogens (primary N) is 1. The Morgan fingerprint density at radius 1 is 1.42 bits per heavy atom. The average molecular weight is 257 g/mol. The summed E-state index contributed by atoms with van der Waals surface area (Å²) in [5.41, 5.74) is 6.96. The molecule has 0 saturated carbocycles. The number of aromatic nitrogens is 3. The molecule has 0 amide bonds. The lowest BCUT2D eigenvalue weighted by Crippen LogP contribution is -2.31. The number of hydrogen-bond donors (Lipinski definition) is 1. The third kappa shape index (κ3) is 2.56. The van der Waals surface area contributed by atoms with Gasteiger partial charge in [0, 0.05) is 11.6 Å². The molecule has 1 aromatic heterocycles. The van der Waals surface area contributed by atoms with Gasteiger partial charge in [-0.3, -0.25) is 0 Å². The molecule has 0 aliphatic heterocycles. The van der Waals surface area contributed by atoms with Crippen LogP contribution in [-0.4, -0.2) is 27.9 Å². The predicted octanol–water partition coefficient (Wildman–Crippen LogP) is 1.09. The molecule has 19 heavy (non-hydrogen) atoms. The first-order valence-corrected chi connectivity index (χ1v) is 5.87. The highest BCUT2D eigenvalue weighted by molar-refractivity contribution is 5.37. The zero-order chi connectivity index (χ0) is 13.8. The topological polar surface area (TPSA) is 89.8 Å². The van der Waals surface area contributed by atoms with Crippen LogP contribution in [0.25, 0.3) is 0 Å². The van der Waals surface area contributed by atoms with Crippen molar-refractivity contribution in [2.45, 2.75) is 19.0 Å². The molecule has 2 rings (SSSR count).